The second-order valence-corrected chi connectivity index (χ2v) is 12.4. The van der Waals surface area contributed by atoms with E-state index in [9.17, 15) is 24.3 Å². The van der Waals surface area contributed by atoms with Crippen molar-refractivity contribution in [2.24, 2.45) is 0 Å². The molecule has 3 amide bonds. The molecule has 1 aliphatic rings. The molecule has 3 rings (SSSR count). The monoisotopic (exact) mass is 611 g/mol. The summed E-state index contributed by atoms with van der Waals surface area (Å²) in [5.74, 6) is -1.11. The molecule has 0 bridgehead atoms. The van der Waals surface area contributed by atoms with Gasteiger partial charge in [-0.05, 0) is 66.9 Å². The van der Waals surface area contributed by atoms with Crippen LogP contribution >= 0.6 is 0 Å². The zero-order chi connectivity index (χ0) is 32.5. The van der Waals surface area contributed by atoms with E-state index < -0.39 is 35.2 Å². The normalized spacial score (nSPS) is 14.5. The van der Waals surface area contributed by atoms with Crippen LogP contribution in [0.3, 0.4) is 0 Å². The third-order valence-electron chi connectivity index (χ3n) is 6.81. The lowest BCUT2D eigenvalue weighted by Gasteiger charge is -2.36. The van der Waals surface area contributed by atoms with Crippen molar-refractivity contribution in [3.63, 3.8) is 0 Å². The molecule has 1 atom stereocenters. The van der Waals surface area contributed by atoms with Gasteiger partial charge in [-0.2, -0.15) is 0 Å². The van der Waals surface area contributed by atoms with Gasteiger partial charge in [-0.3, -0.25) is 14.4 Å². The Morgan fingerprint density at radius 3 is 2.20 bits per heavy atom. The summed E-state index contributed by atoms with van der Waals surface area (Å²) in [6, 6.07) is 9.73. The minimum absolute atomic E-state index is 0.0137. The lowest BCUT2D eigenvalue weighted by Crippen LogP contribution is -2.56. The van der Waals surface area contributed by atoms with Crippen LogP contribution in [0.5, 0.6) is 0 Å². The minimum Gasteiger partial charge on any atom is -0.460 e. The number of ether oxygens (including phenoxy) is 2. The van der Waals surface area contributed by atoms with E-state index >= 15 is 0 Å². The van der Waals surface area contributed by atoms with Crippen LogP contribution in [0.1, 0.15) is 77.0 Å². The first-order chi connectivity index (χ1) is 20.6. The Hall–Kier alpha value is -4.06. The van der Waals surface area contributed by atoms with Gasteiger partial charge in [-0.25, -0.2) is 14.8 Å². The van der Waals surface area contributed by atoms with E-state index in [4.69, 9.17) is 9.47 Å². The molecule has 1 aromatic carbocycles. The molecule has 0 aliphatic carbocycles. The predicted octanol–water partition coefficient (Wildman–Crippen LogP) is 3.37. The molecule has 2 aromatic rings. The fraction of sp³-hybridized carbons (Fsp3) is 0.562. The van der Waals surface area contributed by atoms with Crippen molar-refractivity contribution in [2.75, 3.05) is 32.8 Å². The molecule has 2 N–H and O–H groups in total. The molecular formula is C32H45N5O7. The quantitative estimate of drug-likeness (QED) is 0.365. The van der Waals surface area contributed by atoms with Crippen molar-refractivity contribution in [1.29, 1.82) is 0 Å². The number of carbonyl (C=O) groups excluding carboxylic acids is 4. The number of benzene rings is 1. The van der Waals surface area contributed by atoms with E-state index in [1.807, 2.05) is 30.3 Å². The molecule has 1 aliphatic heterocycles. The van der Waals surface area contributed by atoms with Crippen LogP contribution in [0.4, 0.5) is 4.79 Å². The van der Waals surface area contributed by atoms with Crippen LogP contribution in [0.2, 0.25) is 0 Å². The fourth-order valence-electron chi connectivity index (χ4n) is 4.58. The Balaban J connectivity index is 1.84. The van der Waals surface area contributed by atoms with Crippen LogP contribution in [0.25, 0.3) is 11.4 Å². The van der Waals surface area contributed by atoms with Crippen molar-refractivity contribution in [1.82, 2.24) is 25.1 Å². The number of hydrogen-bond donors (Lipinski definition) is 2. The summed E-state index contributed by atoms with van der Waals surface area (Å²) in [6.07, 6.45) is 0.297. The predicted molar refractivity (Wildman–Crippen MR) is 164 cm³/mol. The molecule has 0 saturated carbocycles. The van der Waals surface area contributed by atoms with Crippen molar-refractivity contribution in [2.45, 2.75) is 84.5 Å². The van der Waals surface area contributed by atoms with Gasteiger partial charge in [0, 0.05) is 43.9 Å². The number of hydrogen-bond acceptors (Lipinski definition) is 9. The largest absolute Gasteiger partial charge is 0.460 e. The average molecular weight is 612 g/mol. The number of amides is 3. The first-order valence-corrected chi connectivity index (χ1v) is 15.0. The molecule has 240 valence electrons. The molecule has 1 aromatic heterocycles. The van der Waals surface area contributed by atoms with E-state index in [1.165, 1.54) is 4.90 Å². The third kappa shape index (κ3) is 10.9. The highest BCUT2D eigenvalue weighted by Crippen LogP contribution is 2.19. The Bertz CT molecular complexity index is 1300. The lowest BCUT2D eigenvalue weighted by atomic mass is 10.0. The molecule has 2 heterocycles. The highest BCUT2D eigenvalue weighted by molar-refractivity contribution is 5.96. The number of piperazine rings is 1. The lowest BCUT2D eigenvalue weighted by molar-refractivity contribution is -0.155. The van der Waals surface area contributed by atoms with Crippen molar-refractivity contribution in [3.05, 3.63) is 47.8 Å². The third-order valence-corrected chi connectivity index (χ3v) is 6.81. The van der Waals surface area contributed by atoms with Crippen molar-refractivity contribution in [3.8, 4) is 11.4 Å². The van der Waals surface area contributed by atoms with E-state index in [1.54, 1.807) is 52.5 Å². The van der Waals surface area contributed by atoms with Gasteiger partial charge >= 0.3 is 12.1 Å². The number of aromatic nitrogens is 2. The Morgan fingerprint density at radius 1 is 0.977 bits per heavy atom. The van der Waals surface area contributed by atoms with Crippen molar-refractivity contribution >= 4 is 23.9 Å². The summed E-state index contributed by atoms with van der Waals surface area (Å²) >= 11 is 0. The van der Waals surface area contributed by atoms with Gasteiger partial charge < -0.3 is 29.7 Å². The van der Waals surface area contributed by atoms with Gasteiger partial charge in [0.05, 0.1) is 12.2 Å². The second-order valence-electron chi connectivity index (χ2n) is 12.4. The Kier molecular flexibility index (Phi) is 11.8. The molecule has 1 fully saturated rings. The van der Waals surface area contributed by atoms with Crippen LogP contribution in [0.15, 0.2) is 36.4 Å². The number of nitrogens with one attached hydrogen (secondary N) is 1. The van der Waals surface area contributed by atoms with Crippen LogP contribution in [-0.4, -0.2) is 98.8 Å². The molecule has 1 saturated heterocycles. The first kappa shape index (κ1) is 34.4. The van der Waals surface area contributed by atoms with Gasteiger partial charge in [0.2, 0.25) is 5.91 Å². The van der Waals surface area contributed by atoms with E-state index in [2.05, 4.69) is 15.3 Å². The maximum Gasteiger partial charge on any atom is 0.409 e. The number of esters is 1. The van der Waals surface area contributed by atoms with E-state index in [0.29, 0.717) is 29.9 Å². The van der Waals surface area contributed by atoms with Gasteiger partial charge in [0.15, 0.2) is 5.82 Å². The molecule has 0 spiro atoms. The SMILES string of the molecule is CCOC(=O)N1CCN(C(=O)C(CCC(=O)OC(C)(C)C)NC(=O)c2cc(CCC(C)(C)O)nc(-c3ccccc3)n2)CC1. The van der Waals surface area contributed by atoms with Crippen LogP contribution < -0.4 is 5.32 Å². The van der Waals surface area contributed by atoms with Gasteiger partial charge in [-0.15, -0.1) is 0 Å². The molecule has 44 heavy (non-hydrogen) atoms. The number of aliphatic hydroxyl groups is 1. The molecule has 1 unspecified atom stereocenters. The summed E-state index contributed by atoms with van der Waals surface area (Å²) in [6.45, 7) is 11.7. The number of rotatable bonds is 11. The van der Waals surface area contributed by atoms with E-state index in [0.717, 1.165) is 0 Å². The molecule has 12 nitrogen and oxygen atoms in total. The number of aryl methyl sites for hydroxylation is 1. The number of nitrogens with zero attached hydrogens (tertiary/aromatic N) is 4. The fourth-order valence-corrected chi connectivity index (χ4v) is 4.58. The Morgan fingerprint density at radius 2 is 1.61 bits per heavy atom. The summed E-state index contributed by atoms with van der Waals surface area (Å²) in [5, 5.41) is 13.1. The highest BCUT2D eigenvalue weighted by atomic mass is 16.6. The number of carbonyl (C=O) groups is 4. The smallest absolute Gasteiger partial charge is 0.409 e. The molecule has 0 radical (unpaired) electrons. The van der Waals surface area contributed by atoms with Gasteiger partial charge in [0.25, 0.3) is 5.91 Å². The van der Waals surface area contributed by atoms with Crippen molar-refractivity contribution < 1.29 is 33.8 Å². The topological polar surface area (TPSA) is 151 Å². The first-order valence-electron chi connectivity index (χ1n) is 15.0. The zero-order valence-electron chi connectivity index (χ0n) is 26.6. The van der Waals surface area contributed by atoms with Crippen LogP contribution in [-0.2, 0) is 25.5 Å². The van der Waals surface area contributed by atoms with Crippen LogP contribution in [0, 0.1) is 0 Å². The second kappa shape index (κ2) is 15.1. The average Bonchev–Trinajstić information content (AvgIpc) is 2.97. The molecule has 12 heteroatoms. The minimum atomic E-state index is -1.04. The maximum atomic E-state index is 13.7. The van der Waals surface area contributed by atoms with E-state index in [-0.39, 0.29) is 57.2 Å². The van der Waals surface area contributed by atoms with Gasteiger partial charge in [-0.1, -0.05) is 30.3 Å². The summed E-state index contributed by atoms with van der Waals surface area (Å²) in [4.78, 5) is 64.2. The molecular weight excluding hydrogens is 566 g/mol. The standard InChI is InChI=1S/C32H45N5O7/c1-7-43-30(41)37-19-17-36(18-20-37)29(40)24(13-14-26(38)44-31(2,3)4)35-28(39)25-21-23(15-16-32(5,6)42)33-27(34-25)22-11-9-8-10-12-22/h8-12,21,24,42H,7,13-20H2,1-6H3,(H,35,39). The highest BCUT2D eigenvalue weighted by Gasteiger charge is 2.32. The zero-order valence-corrected chi connectivity index (χ0v) is 26.6. The van der Waals surface area contributed by atoms with Gasteiger partial charge in [0.1, 0.15) is 17.3 Å². The summed E-state index contributed by atoms with van der Waals surface area (Å²) in [5.41, 5.74) is -0.290. The maximum absolute atomic E-state index is 13.7. The summed E-state index contributed by atoms with van der Waals surface area (Å²) in [7, 11) is 0. The summed E-state index contributed by atoms with van der Waals surface area (Å²) < 4.78 is 10.5. The Labute approximate surface area is 259 Å².